The first kappa shape index (κ1) is 20.1. The van der Waals surface area contributed by atoms with Crippen LogP contribution < -0.4 is 10.6 Å². The molecule has 0 fully saturated rings. The monoisotopic (exact) mass is 336 g/mol. The van der Waals surface area contributed by atoms with Crippen LogP contribution in [-0.4, -0.2) is 46.0 Å². The van der Waals surface area contributed by atoms with Crippen molar-refractivity contribution in [3.05, 3.63) is 0 Å². The van der Waals surface area contributed by atoms with E-state index in [9.17, 15) is 14.4 Å². The zero-order chi connectivity index (χ0) is 16.6. The Morgan fingerprint density at radius 2 is 1.71 bits per heavy atom. The summed E-state index contributed by atoms with van der Waals surface area (Å²) < 4.78 is -0.0138. The van der Waals surface area contributed by atoms with Gasteiger partial charge in [-0.3, -0.25) is 14.4 Å². The van der Waals surface area contributed by atoms with Gasteiger partial charge in [0.05, 0.1) is 0 Å². The molecule has 0 radical (unpaired) electrons. The second-order valence-electron chi connectivity index (χ2n) is 5.37. The van der Waals surface area contributed by atoms with E-state index in [1.165, 1.54) is 13.8 Å². The van der Waals surface area contributed by atoms with Crippen molar-refractivity contribution in [3.63, 3.8) is 0 Å². The lowest BCUT2D eigenvalue weighted by Crippen LogP contribution is -2.49. The van der Waals surface area contributed by atoms with Crippen molar-refractivity contribution in [1.29, 1.82) is 0 Å². The standard InChI is InChI=1S/C13H24N2O4S2/c1-8(11(17)15-9(2)12(18)19)14-10(16)6-7-13(3,4)21-20-5/h8-9H,6-7H2,1-5H3,(H,14,16)(H,15,17)(H,18,19)/t8-,9-/m0/s1. The zero-order valence-electron chi connectivity index (χ0n) is 13.1. The number of hydrogen-bond acceptors (Lipinski definition) is 5. The molecule has 0 bridgehead atoms. The lowest BCUT2D eigenvalue weighted by Gasteiger charge is -2.22. The van der Waals surface area contributed by atoms with Gasteiger partial charge in [-0.15, -0.1) is 0 Å². The topological polar surface area (TPSA) is 95.5 Å². The van der Waals surface area contributed by atoms with E-state index < -0.39 is 24.0 Å². The molecular weight excluding hydrogens is 312 g/mol. The van der Waals surface area contributed by atoms with Gasteiger partial charge in [0, 0.05) is 11.2 Å². The molecule has 0 spiro atoms. The maximum Gasteiger partial charge on any atom is 0.325 e. The van der Waals surface area contributed by atoms with Crippen molar-refractivity contribution >= 4 is 39.4 Å². The molecule has 2 amide bonds. The number of nitrogens with one attached hydrogen (secondary N) is 2. The predicted octanol–water partition coefficient (Wildman–Crippen LogP) is 1.65. The van der Waals surface area contributed by atoms with Gasteiger partial charge < -0.3 is 15.7 Å². The Balaban J connectivity index is 4.20. The Morgan fingerprint density at radius 1 is 1.14 bits per heavy atom. The van der Waals surface area contributed by atoms with Gasteiger partial charge >= 0.3 is 5.97 Å². The van der Waals surface area contributed by atoms with Crippen LogP contribution >= 0.6 is 21.6 Å². The van der Waals surface area contributed by atoms with E-state index in [0.717, 1.165) is 0 Å². The summed E-state index contributed by atoms with van der Waals surface area (Å²) in [6.45, 7) is 7.03. The van der Waals surface area contributed by atoms with E-state index in [-0.39, 0.29) is 10.7 Å². The normalized spacial score (nSPS) is 14.1. The Labute approximate surface area is 133 Å². The van der Waals surface area contributed by atoms with Crippen LogP contribution in [0.5, 0.6) is 0 Å². The van der Waals surface area contributed by atoms with Gasteiger partial charge in [-0.1, -0.05) is 21.6 Å². The molecule has 0 aromatic heterocycles. The Hall–Kier alpha value is -0.890. The van der Waals surface area contributed by atoms with Crippen LogP contribution in [0.15, 0.2) is 0 Å². The fourth-order valence-corrected chi connectivity index (χ4v) is 3.70. The van der Waals surface area contributed by atoms with E-state index in [1.807, 2.05) is 6.26 Å². The fourth-order valence-electron chi connectivity index (χ4n) is 1.46. The Kier molecular flexibility index (Phi) is 8.80. The van der Waals surface area contributed by atoms with Crippen LogP contribution in [-0.2, 0) is 14.4 Å². The van der Waals surface area contributed by atoms with Crippen LogP contribution in [0.1, 0.15) is 40.5 Å². The summed E-state index contributed by atoms with van der Waals surface area (Å²) in [5.41, 5.74) is 0. The molecule has 8 heteroatoms. The number of carbonyl (C=O) groups is 3. The molecule has 0 aliphatic rings. The number of hydrogen-bond donors (Lipinski definition) is 3. The molecule has 21 heavy (non-hydrogen) atoms. The van der Waals surface area contributed by atoms with E-state index in [1.54, 1.807) is 21.6 Å². The third kappa shape index (κ3) is 8.87. The summed E-state index contributed by atoms with van der Waals surface area (Å²) in [5.74, 6) is -1.83. The molecule has 0 rings (SSSR count). The average molecular weight is 336 g/mol. The van der Waals surface area contributed by atoms with Crippen molar-refractivity contribution in [1.82, 2.24) is 10.6 Å². The van der Waals surface area contributed by atoms with Crippen molar-refractivity contribution in [2.24, 2.45) is 0 Å². The number of amides is 2. The first-order chi connectivity index (χ1) is 9.59. The molecule has 3 N–H and O–H groups in total. The van der Waals surface area contributed by atoms with Crippen molar-refractivity contribution in [2.45, 2.75) is 57.4 Å². The van der Waals surface area contributed by atoms with Gasteiger partial charge in [0.1, 0.15) is 12.1 Å². The van der Waals surface area contributed by atoms with Crippen LogP contribution in [0, 0.1) is 0 Å². The molecule has 0 aromatic carbocycles. The average Bonchev–Trinajstić information content (AvgIpc) is 2.36. The summed E-state index contributed by atoms with van der Waals surface area (Å²) in [4.78, 5) is 34.2. The zero-order valence-corrected chi connectivity index (χ0v) is 14.7. The second-order valence-corrected chi connectivity index (χ2v) is 8.47. The molecular formula is C13H24N2O4S2. The third-order valence-electron chi connectivity index (χ3n) is 2.76. The Morgan fingerprint density at radius 3 is 2.19 bits per heavy atom. The van der Waals surface area contributed by atoms with Crippen LogP contribution in [0.3, 0.4) is 0 Å². The number of carboxylic acids is 1. The third-order valence-corrected chi connectivity index (χ3v) is 5.44. The molecule has 0 aliphatic carbocycles. The molecule has 122 valence electrons. The SMILES string of the molecule is CSSC(C)(C)CCC(=O)N[C@@H](C)C(=O)N[C@@H](C)C(=O)O. The van der Waals surface area contributed by atoms with E-state index in [2.05, 4.69) is 24.5 Å². The van der Waals surface area contributed by atoms with Gasteiger partial charge in [-0.2, -0.15) is 0 Å². The summed E-state index contributed by atoms with van der Waals surface area (Å²) in [6, 6.07) is -1.73. The fraction of sp³-hybridized carbons (Fsp3) is 0.769. The van der Waals surface area contributed by atoms with E-state index >= 15 is 0 Å². The van der Waals surface area contributed by atoms with Gasteiger partial charge in [0.25, 0.3) is 0 Å². The van der Waals surface area contributed by atoms with Crippen LogP contribution in [0.25, 0.3) is 0 Å². The number of carbonyl (C=O) groups excluding carboxylic acids is 2. The highest BCUT2D eigenvalue weighted by Crippen LogP contribution is 2.36. The highest BCUT2D eigenvalue weighted by atomic mass is 33.1. The summed E-state index contributed by atoms with van der Waals surface area (Å²) in [6.07, 6.45) is 3.01. The minimum atomic E-state index is -1.11. The number of rotatable bonds is 9. The lowest BCUT2D eigenvalue weighted by atomic mass is 10.1. The van der Waals surface area contributed by atoms with Gasteiger partial charge in [0.15, 0.2) is 0 Å². The summed E-state index contributed by atoms with van der Waals surface area (Å²) in [7, 11) is 3.36. The first-order valence-electron chi connectivity index (χ1n) is 6.63. The minimum Gasteiger partial charge on any atom is -0.480 e. The van der Waals surface area contributed by atoms with Crippen molar-refractivity contribution in [3.8, 4) is 0 Å². The van der Waals surface area contributed by atoms with Crippen molar-refractivity contribution in [2.75, 3.05) is 6.26 Å². The molecule has 0 heterocycles. The molecule has 0 aromatic rings. The molecule has 0 saturated heterocycles. The van der Waals surface area contributed by atoms with Gasteiger partial charge in [-0.25, -0.2) is 0 Å². The Bertz CT molecular complexity index is 388. The summed E-state index contributed by atoms with van der Waals surface area (Å²) in [5, 5.41) is 13.6. The predicted molar refractivity (Wildman–Crippen MR) is 87.3 cm³/mol. The van der Waals surface area contributed by atoms with E-state index in [4.69, 9.17) is 5.11 Å². The van der Waals surface area contributed by atoms with Gasteiger partial charge in [-0.05, 0) is 40.4 Å². The first-order valence-corrected chi connectivity index (χ1v) is 9.19. The molecule has 0 aliphatic heterocycles. The molecule has 6 nitrogen and oxygen atoms in total. The molecule has 2 atom stereocenters. The highest BCUT2D eigenvalue weighted by molar-refractivity contribution is 8.76. The van der Waals surface area contributed by atoms with Crippen molar-refractivity contribution < 1.29 is 19.5 Å². The minimum absolute atomic E-state index is 0.0138. The number of carboxylic acid groups (broad SMARTS) is 1. The maximum absolute atomic E-state index is 11.8. The summed E-state index contributed by atoms with van der Waals surface area (Å²) >= 11 is 0. The largest absolute Gasteiger partial charge is 0.480 e. The van der Waals surface area contributed by atoms with Crippen LogP contribution in [0.4, 0.5) is 0 Å². The van der Waals surface area contributed by atoms with Gasteiger partial charge in [0.2, 0.25) is 11.8 Å². The smallest absolute Gasteiger partial charge is 0.325 e. The highest BCUT2D eigenvalue weighted by Gasteiger charge is 2.23. The van der Waals surface area contributed by atoms with E-state index in [0.29, 0.717) is 12.8 Å². The quantitative estimate of drug-likeness (QED) is 0.554. The number of aliphatic carboxylic acids is 1. The second kappa shape index (κ2) is 9.19. The van der Waals surface area contributed by atoms with Crippen LogP contribution in [0.2, 0.25) is 0 Å². The molecule has 0 unspecified atom stereocenters. The lowest BCUT2D eigenvalue weighted by molar-refractivity contribution is -0.141. The molecule has 0 saturated carbocycles. The maximum atomic E-state index is 11.8.